The zero-order valence-corrected chi connectivity index (χ0v) is 22.0. The average molecular weight is 511 g/mol. The van der Waals surface area contributed by atoms with Crippen LogP contribution < -0.4 is 5.32 Å². The van der Waals surface area contributed by atoms with Crippen LogP contribution in [0, 0.1) is 11.8 Å². The molecule has 9 heteroatoms. The van der Waals surface area contributed by atoms with Crippen LogP contribution in [0.15, 0.2) is 35.7 Å². The molecule has 1 fully saturated rings. The van der Waals surface area contributed by atoms with E-state index in [-0.39, 0.29) is 36.9 Å². The topological polar surface area (TPSA) is 105 Å². The third kappa shape index (κ3) is 5.46. The molecule has 0 spiro atoms. The van der Waals surface area contributed by atoms with Gasteiger partial charge in [0.2, 0.25) is 5.91 Å². The second-order valence-electron chi connectivity index (χ2n) is 10.0. The van der Waals surface area contributed by atoms with Gasteiger partial charge in [-0.25, -0.2) is 4.98 Å². The van der Waals surface area contributed by atoms with Crippen molar-refractivity contribution < 1.29 is 19.5 Å². The SMILES string of the molecule is CCC(C)n1c(Cc2cccs2)nc2cc(C(=O)NC(CC(C)C)C(=O)N3CC(C(=O)O)C3)ccc21. The molecule has 1 aliphatic rings. The van der Waals surface area contributed by atoms with Crippen LogP contribution in [0.25, 0.3) is 11.0 Å². The molecule has 0 saturated carbocycles. The number of imidazole rings is 1. The first-order valence-electron chi connectivity index (χ1n) is 12.5. The Balaban J connectivity index is 1.56. The van der Waals surface area contributed by atoms with Crippen LogP contribution in [0.3, 0.4) is 0 Å². The number of hydrogen-bond donors (Lipinski definition) is 2. The van der Waals surface area contributed by atoms with Gasteiger partial charge in [-0.2, -0.15) is 0 Å². The monoisotopic (exact) mass is 510 g/mol. The number of nitrogens with zero attached hydrogens (tertiary/aromatic N) is 3. The van der Waals surface area contributed by atoms with Gasteiger partial charge in [-0.1, -0.05) is 26.8 Å². The fourth-order valence-corrected chi connectivity index (χ4v) is 5.33. The van der Waals surface area contributed by atoms with Gasteiger partial charge in [0.05, 0.1) is 17.0 Å². The van der Waals surface area contributed by atoms with E-state index in [1.807, 2.05) is 26.0 Å². The number of carboxylic acids is 1. The van der Waals surface area contributed by atoms with E-state index in [9.17, 15) is 14.4 Å². The van der Waals surface area contributed by atoms with Crippen molar-refractivity contribution in [3.05, 3.63) is 52.0 Å². The number of aromatic nitrogens is 2. The molecule has 2 aromatic heterocycles. The van der Waals surface area contributed by atoms with Crippen LogP contribution in [0.1, 0.15) is 67.6 Å². The smallest absolute Gasteiger partial charge is 0.310 e. The lowest BCUT2D eigenvalue weighted by molar-refractivity contribution is -0.153. The van der Waals surface area contributed by atoms with Crippen LogP contribution >= 0.6 is 11.3 Å². The highest BCUT2D eigenvalue weighted by molar-refractivity contribution is 7.09. The molecule has 0 bridgehead atoms. The molecule has 1 aromatic carbocycles. The van der Waals surface area contributed by atoms with Gasteiger partial charge < -0.3 is 19.9 Å². The van der Waals surface area contributed by atoms with E-state index < -0.39 is 17.9 Å². The van der Waals surface area contributed by atoms with Crippen LogP contribution in [0.4, 0.5) is 0 Å². The fraction of sp³-hybridized carbons (Fsp3) is 0.481. The minimum atomic E-state index is -0.896. The number of fused-ring (bicyclic) bond motifs is 1. The van der Waals surface area contributed by atoms with Crippen molar-refractivity contribution in [2.75, 3.05) is 13.1 Å². The summed E-state index contributed by atoms with van der Waals surface area (Å²) in [6.45, 7) is 8.67. The van der Waals surface area contributed by atoms with E-state index in [0.29, 0.717) is 12.0 Å². The van der Waals surface area contributed by atoms with Crippen molar-refractivity contribution >= 4 is 40.2 Å². The molecule has 2 unspecified atom stereocenters. The third-order valence-electron chi connectivity index (χ3n) is 6.82. The lowest BCUT2D eigenvalue weighted by atomic mass is 9.96. The number of benzene rings is 1. The zero-order chi connectivity index (χ0) is 26.0. The predicted octanol–water partition coefficient (Wildman–Crippen LogP) is 4.35. The van der Waals surface area contributed by atoms with E-state index in [1.165, 1.54) is 9.78 Å². The van der Waals surface area contributed by atoms with Gasteiger partial charge in [-0.15, -0.1) is 11.3 Å². The quantitative estimate of drug-likeness (QED) is 0.422. The Morgan fingerprint density at radius 1 is 1.19 bits per heavy atom. The Kier molecular flexibility index (Phi) is 7.78. The number of nitrogens with one attached hydrogen (secondary N) is 1. The highest BCUT2D eigenvalue weighted by Crippen LogP contribution is 2.27. The maximum Gasteiger partial charge on any atom is 0.310 e. The molecule has 36 heavy (non-hydrogen) atoms. The van der Waals surface area contributed by atoms with Crippen molar-refractivity contribution in [2.45, 2.75) is 59.0 Å². The molecule has 8 nitrogen and oxygen atoms in total. The first-order valence-corrected chi connectivity index (χ1v) is 13.4. The van der Waals surface area contributed by atoms with Crippen LogP contribution in [0.5, 0.6) is 0 Å². The first kappa shape index (κ1) is 25.9. The summed E-state index contributed by atoms with van der Waals surface area (Å²) in [4.78, 5) is 45.0. The number of aliphatic carboxylic acids is 1. The Bertz CT molecular complexity index is 1240. The van der Waals surface area contributed by atoms with Gasteiger partial charge in [0.1, 0.15) is 11.9 Å². The molecular formula is C27H34N4O4S. The predicted molar refractivity (Wildman–Crippen MR) is 140 cm³/mol. The second kappa shape index (κ2) is 10.8. The van der Waals surface area contributed by atoms with Gasteiger partial charge >= 0.3 is 5.97 Å². The summed E-state index contributed by atoms with van der Waals surface area (Å²) in [6, 6.07) is 9.23. The molecule has 3 aromatic rings. The van der Waals surface area contributed by atoms with Crippen molar-refractivity contribution in [1.82, 2.24) is 19.8 Å². The molecule has 2 N–H and O–H groups in total. The lowest BCUT2D eigenvalue weighted by Gasteiger charge is -2.39. The maximum atomic E-state index is 13.2. The molecule has 2 amide bonds. The number of carbonyl (C=O) groups excluding carboxylic acids is 2. The highest BCUT2D eigenvalue weighted by atomic mass is 32.1. The number of hydrogen-bond acceptors (Lipinski definition) is 5. The standard InChI is InChI=1S/C27H34N4O4S/c1-5-17(4)31-23-9-8-18(12-21(23)28-24(31)13-20-7-6-10-36-20)25(32)29-22(11-16(2)3)26(33)30-14-19(15-30)27(34)35/h6-10,12,16-17,19,22H,5,11,13-15H2,1-4H3,(H,29,32)(H,34,35). The highest BCUT2D eigenvalue weighted by Gasteiger charge is 2.38. The zero-order valence-electron chi connectivity index (χ0n) is 21.2. The summed E-state index contributed by atoms with van der Waals surface area (Å²) in [7, 11) is 0. The normalized spacial score (nSPS) is 15.6. The van der Waals surface area contributed by atoms with Gasteiger partial charge in [-0.3, -0.25) is 14.4 Å². The molecule has 3 heterocycles. The first-order chi connectivity index (χ1) is 17.2. The van der Waals surface area contributed by atoms with Gasteiger partial charge in [0.15, 0.2) is 0 Å². The molecule has 1 aliphatic heterocycles. The van der Waals surface area contributed by atoms with Crippen LogP contribution in [-0.4, -0.2) is 56.5 Å². The minimum Gasteiger partial charge on any atom is -0.481 e. The fourth-order valence-electron chi connectivity index (χ4n) is 4.63. The summed E-state index contributed by atoms with van der Waals surface area (Å²) in [5, 5.41) is 14.1. The summed E-state index contributed by atoms with van der Waals surface area (Å²) in [6.07, 6.45) is 2.17. The van der Waals surface area contributed by atoms with Crippen molar-refractivity contribution in [3.63, 3.8) is 0 Å². The molecule has 1 saturated heterocycles. The minimum absolute atomic E-state index is 0.185. The average Bonchev–Trinajstić information content (AvgIpc) is 3.43. The van der Waals surface area contributed by atoms with Crippen molar-refractivity contribution in [1.29, 1.82) is 0 Å². The van der Waals surface area contributed by atoms with E-state index in [0.717, 1.165) is 29.7 Å². The molecule has 0 aliphatic carbocycles. The van der Waals surface area contributed by atoms with E-state index in [1.54, 1.807) is 23.5 Å². The summed E-state index contributed by atoms with van der Waals surface area (Å²) in [5.74, 6) is -0.829. The Morgan fingerprint density at radius 3 is 2.56 bits per heavy atom. The number of carbonyl (C=O) groups is 3. The number of carboxylic acid groups (broad SMARTS) is 1. The third-order valence-corrected chi connectivity index (χ3v) is 7.70. The van der Waals surface area contributed by atoms with Gasteiger partial charge in [-0.05, 0) is 55.3 Å². The summed E-state index contributed by atoms with van der Waals surface area (Å²) >= 11 is 1.70. The Hall–Kier alpha value is -3.20. The van der Waals surface area contributed by atoms with Crippen LogP contribution in [-0.2, 0) is 16.0 Å². The Labute approximate surface area is 215 Å². The molecule has 0 radical (unpaired) electrons. The summed E-state index contributed by atoms with van der Waals surface area (Å²) < 4.78 is 2.25. The number of rotatable bonds is 10. The van der Waals surface area contributed by atoms with E-state index >= 15 is 0 Å². The van der Waals surface area contributed by atoms with Crippen molar-refractivity contribution in [3.8, 4) is 0 Å². The van der Waals surface area contributed by atoms with Gasteiger partial charge in [0, 0.05) is 36.0 Å². The summed E-state index contributed by atoms with van der Waals surface area (Å²) in [5.41, 5.74) is 2.20. The molecule has 4 rings (SSSR count). The van der Waals surface area contributed by atoms with Crippen LogP contribution in [0.2, 0.25) is 0 Å². The number of amides is 2. The second-order valence-corrected chi connectivity index (χ2v) is 11.1. The molecular weight excluding hydrogens is 476 g/mol. The largest absolute Gasteiger partial charge is 0.481 e. The number of likely N-dealkylation sites (tertiary alicyclic amines) is 1. The molecule has 192 valence electrons. The van der Waals surface area contributed by atoms with E-state index in [4.69, 9.17) is 10.1 Å². The number of thiophene rings is 1. The lowest BCUT2D eigenvalue weighted by Crippen LogP contribution is -2.59. The Morgan fingerprint density at radius 2 is 1.94 bits per heavy atom. The maximum absolute atomic E-state index is 13.2. The van der Waals surface area contributed by atoms with E-state index in [2.05, 4.69) is 35.2 Å². The molecule has 2 atom stereocenters. The van der Waals surface area contributed by atoms with Gasteiger partial charge in [0.25, 0.3) is 5.91 Å². The van der Waals surface area contributed by atoms with Crippen molar-refractivity contribution in [2.24, 2.45) is 11.8 Å².